The monoisotopic (exact) mass is 611 g/mol. The van der Waals surface area contributed by atoms with Crippen LogP contribution in [0.2, 0.25) is 0 Å². The molecule has 0 heterocycles. The summed E-state index contributed by atoms with van der Waals surface area (Å²) in [6.07, 6.45) is 6.54. The molecule has 0 bridgehead atoms. The Kier molecular flexibility index (Phi) is 11.1. The van der Waals surface area contributed by atoms with Crippen LogP contribution in [0.3, 0.4) is 0 Å². The molecule has 3 aliphatic carbocycles. The van der Waals surface area contributed by atoms with Crippen LogP contribution in [0.5, 0.6) is 11.5 Å². The highest BCUT2D eigenvalue weighted by atomic mass is 16.6. The largest absolute Gasteiger partial charge is 0.504 e. The first kappa shape index (κ1) is 33.9. The first-order chi connectivity index (χ1) is 21.0. The SMILES string of the molecule is CCC(C(C)C)[C@@H]1C2CCC(=O)C[C@@]23c2c(ccc(OC(=O)N(C)CCNC(=O)C(CCCCN)CCCC(C)=O)c2O)C13. The lowest BCUT2D eigenvalue weighted by Crippen LogP contribution is -2.69. The van der Waals surface area contributed by atoms with E-state index in [4.69, 9.17) is 10.5 Å². The van der Waals surface area contributed by atoms with Crippen molar-refractivity contribution in [3.8, 4) is 11.5 Å². The Hall–Kier alpha value is -2.94. The molecule has 6 atom stereocenters. The first-order valence-electron chi connectivity index (χ1n) is 16.8. The number of carbonyl (C=O) groups is 4. The highest BCUT2D eigenvalue weighted by Crippen LogP contribution is 2.78. The molecule has 4 rings (SSSR count). The van der Waals surface area contributed by atoms with Gasteiger partial charge in [0.15, 0.2) is 11.5 Å². The molecule has 244 valence electrons. The van der Waals surface area contributed by atoms with Crippen molar-refractivity contribution in [3.05, 3.63) is 23.3 Å². The zero-order valence-electron chi connectivity index (χ0n) is 27.3. The van der Waals surface area contributed by atoms with Gasteiger partial charge in [-0.2, -0.15) is 0 Å². The van der Waals surface area contributed by atoms with Crippen LogP contribution in [-0.4, -0.2) is 60.3 Å². The van der Waals surface area contributed by atoms with Crippen molar-refractivity contribution < 1.29 is 29.0 Å². The molecule has 0 saturated heterocycles. The topological polar surface area (TPSA) is 139 Å². The molecule has 1 aromatic carbocycles. The Morgan fingerprint density at radius 1 is 1.18 bits per heavy atom. The molecule has 9 nitrogen and oxygen atoms in total. The number of phenols is 1. The fourth-order valence-electron chi connectivity index (χ4n) is 8.74. The summed E-state index contributed by atoms with van der Waals surface area (Å²) in [6.45, 7) is 9.43. The molecule has 0 radical (unpaired) electrons. The van der Waals surface area contributed by atoms with Gasteiger partial charge in [-0.05, 0) is 86.8 Å². The number of nitrogens with zero attached hydrogens (tertiary/aromatic N) is 1. The molecule has 2 amide bonds. The third-order valence-corrected chi connectivity index (χ3v) is 10.8. The van der Waals surface area contributed by atoms with Gasteiger partial charge in [-0.3, -0.25) is 9.59 Å². The summed E-state index contributed by atoms with van der Waals surface area (Å²) in [5, 5.41) is 14.3. The molecule has 0 aromatic heterocycles. The van der Waals surface area contributed by atoms with Gasteiger partial charge >= 0.3 is 6.09 Å². The van der Waals surface area contributed by atoms with Gasteiger partial charge in [-0.15, -0.1) is 0 Å². The Bertz CT molecular complexity index is 1230. The molecule has 4 unspecified atom stereocenters. The number of ketones is 2. The van der Waals surface area contributed by atoms with Gasteiger partial charge in [0.05, 0.1) is 0 Å². The van der Waals surface area contributed by atoms with E-state index in [2.05, 4.69) is 26.1 Å². The summed E-state index contributed by atoms with van der Waals surface area (Å²) in [6, 6.07) is 3.65. The Morgan fingerprint density at radius 2 is 1.91 bits per heavy atom. The van der Waals surface area contributed by atoms with Crippen LogP contribution in [-0.2, 0) is 19.8 Å². The first-order valence-corrected chi connectivity index (χ1v) is 16.8. The number of nitrogens with two attached hydrogens (primary N) is 1. The summed E-state index contributed by atoms with van der Waals surface area (Å²) in [7, 11) is 1.59. The summed E-state index contributed by atoms with van der Waals surface area (Å²) in [4.78, 5) is 51.3. The number of carbonyl (C=O) groups excluding carboxylic acids is 4. The highest BCUT2D eigenvalue weighted by Gasteiger charge is 2.73. The van der Waals surface area contributed by atoms with Crippen molar-refractivity contribution >= 4 is 23.6 Å². The average molecular weight is 612 g/mol. The van der Waals surface area contributed by atoms with E-state index in [0.29, 0.717) is 68.7 Å². The number of benzene rings is 1. The molecule has 1 spiro atoms. The zero-order chi connectivity index (χ0) is 32.2. The van der Waals surface area contributed by atoms with Crippen LogP contribution in [0.1, 0.15) is 109 Å². The fourth-order valence-corrected chi connectivity index (χ4v) is 8.74. The molecule has 44 heavy (non-hydrogen) atoms. The maximum Gasteiger partial charge on any atom is 0.415 e. The van der Waals surface area contributed by atoms with E-state index < -0.39 is 6.09 Å². The van der Waals surface area contributed by atoms with Gasteiger partial charge in [-0.1, -0.05) is 39.7 Å². The number of aromatic hydroxyl groups is 1. The number of phenolic OH excluding ortho intramolecular Hbond substituents is 1. The van der Waals surface area contributed by atoms with Gasteiger partial charge in [0, 0.05) is 56.3 Å². The van der Waals surface area contributed by atoms with Gasteiger partial charge in [0.25, 0.3) is 0 Å². The molecule has 2 saturated carbocycles. The van der Waals surface area contributed by atoms with Crippen LogP contribution in [0, 0.1) is 29.6 Å². The van der Waals surface area contributed by atoms with Crippen molar-refractivity contribution in [2.24, 2.45) is 35.3 Å². The smallest absolute Gasteiger partial charge is 0.415 e. The Morgan fingerprint density at radius 3 is 2.57 bits per heavy atom. The number of nitrogens with one attached hydrogen (secondary N) is 1. The number of likely N-dealkylation sites (N-methyl/N-ethyl adjacent to an activating group) is 1. The van der Waals surface area contributed by atoms with E-state index in [9.17, 15) is 24.3 Å². The van der Waals surface area contributed by atoms with E-state index in [1.807, 2.05) is 6.07 Å². The van der Waals surface area contributed by atoms with Crippen molar-refractivity contribution in [1.29, 1.82) is 0 Å². The van der Waals surface area contributed by atoms with Crippen molar-refractivity contribution in [1.82, 2.24) is 10.2 Å². The zero-order valence-corrected chi connectivity index (χ0v) is 27.3. The molecule has 1 aromatic rings. The van der Waals surface area contributed by atoms with E-state index >= 15 is 0 Å². The maximum atomic E-state index is 13.0. The van der Waals surface area contributed by atoms with E-state index in [-0.39, 0.29) is 59.3 Å². The highest BCUT2D eigenvalue weighted by molar-refractivity contribution is 5.85. The molecule has 9 heteroatoms. The molecular weight excluding hydrogens is 558 g/mol. The second kappa shape index (κ2) is 14.4. The standard InChI is InChI=1S/C35H53N3O6/c1-6-25(21(2)3)29-27-15-13-24(40)20-35(27)30(29)26-14-16-28(32(41)31(26)35)44-34(43)38(5)19-18-37-33(42)23(11-7-8-17-36)12-9-10-22(4)39/h14,16,21,23,25,27,29-30,41H,6-13,15,17-20,36H2,1-5H3,(H,37,42)/t23?,25?,27?,29-,30?,35-/m1/s1. The van der Waals surface area contributed by atoms with Crippen LogP contribution in [0.15, 0.2) is 12.1 Å². The number of rotatable bonds is 16. The third-order valence-electron chi connectivity index (χ3n) is 10.8. The average Bonchev–Trinajstić information content (AvgIpc) is 2.96. The molecule has 2 fully saturated rings. The molecular formula is C35H53N3O6. The third kappa shape index (κ3) is 6.53. The number of unbranched alkanes of at least 4 members (excludes halogenated alkanes) is 1. The van der Waals surface area contributed by atoms with Gasteiger partial charge in [-0.25, -0.2) is 4.79 Å². The minimum atomic E-state index is -0.627. The lowest BCUT2D eigenvalue weighted by Gasteiger charge is -2.72. The molecule has 0 aliphatic heterocycles. The quantitative estimate of drug-likeness (QED) is 0.211. The van der Waals surface area contributed by atoms with E-state index in [1.165, 1.54) is 4.90 Å². The van der Waals surface area contributed by atoms with Gasteiger partial charge < -0.3 is 30.6 Å². The van der Waals surface area contributed by atoms with Crippen molar-refractivity contribution in [3.63, 3.8) is 0 Å². The Labute approximate surface area is 262 Å². The summed E-state index contributed by atoms with van der Waals surface area (Å²) >= 11 is 0. The van der Waals surface area contributed by atoms with Crippen molar-refractivity contribution in [2.45, 2.75) is 103 Å². The number of hydrogen-bond acceptors (Lipinski definition) is 7. The number of hydrogen-bond donors (Lipinski definition) is 3. The van der Waals surface area contributed by atoms with E-state index in [0.717, 1.165) is 36.8 Å². The van der Waals surface area contributed by atoms with Crippen LogP contribution >= 0.6 is 0 Å². The van der Waals surface area contributed by atoms with Crippen LogP contribution in [0.4, 0.5) is 4.79 Å². The van der Waals surface area contributed by atoms with E-state index in [1.54, 1.807) is 20.0 Å². The van der Waals surface area contributed by atoms with Gasteiger partial charge in [0.2, 0.25) is 5.91 Å². The van der Waals surface area contributed by atoms with Gasteiger partial charge in [0.1, 0.15) is 11.6 Å². The molecule has 4 N–H and O–H groups in total. The normalized spacial score (nSPS) is 24.6. The number of Topliss-reactive ketones (excluding diaryl/α,β-unsaturated/α-hetero) is 2. The Balaban J connectivity index is 1.37. The second-order valence-electron chi connectivity index (χ2n) is 13.8. The predicted molar refractivity (Wildman–Crippen MR) is 170 cm³/mol. The summed E-state index contributed by atoms with van der Waals surface area (Å²) in [5.74, 6) is 2.41. The number of fused-ring (bicyclic) bond motifs is 2. The lowest BCUT2D eigenvalue weighted by atomic mass is 9.30. The molecule has 3 aliphatic rings. The lowest BCUT2D eigenvalue weighted by molar-refractivity contribution is -0.144. The number of ether oxygens (including phenoxy) is 1. The minimum absolute atomic E-state index is 0.0181. The number of amides is 2. The summed E-state index contributed by atoms with van der Waals surface area (Å²) in [5.41, 5.74) is 7.17. The summed E-state index contributed by atoms with van der Waals surface area (Å²) < 4.78 is 5.66. The minimum Gasteiger partial charge on any atom is -0.504 e. The van der Waals surface area contributed by atoms with Crippen molar-refractivity contribution in [2.75, 3.05) is 26.7 Å². The fraction of sp³-hybridized carbons (Fsp3) is 0.714. The second-order valence-corrected chi connectivity index (χ2v) is 13.8. The van der Waals surface area contributed by atoms with Crippen LogP contribution in [0.25, 0.3) is 0 Å². The van der Waals surface area contributed by atoms with Crippen LogP contribution < -0.4 is 15.8 Å². The maximum absolute atomic E-state index is 13.0. The predicted octanol–water partition coefficient (Wildman–Crippen LogP) is 5.46.